The SMILES string of the molecule is FC(F)(F)c1ccc(CSc2nnc(SCc3ccc(C(F)(F)F)cc3)c3ccccc23)cc1. The van der Waals surface area contributed by atoms with Crippen molar-refractivity contribution in [3.05, 3.63) is 95.1 Å². The van der Waals surface area contributed by atoms with Gasteiger partial charge in [-0.1, -0.05) is 72.1 Å². The van der Waals surface area contributed by atoms with Crippen LogP contribution in [0.4, 0.5) is 26.3 Å². The van der Waals surface area contributed by atoms with Gasteiger partial charge >= 0.3 is 12.4 Å². The second-order valence-corrected chi connectivity index (χ2v) is 9.25. The van der Waals surface area contributed by atoms with Gasteiger partial charge in [-0.25, -0.2) is 0 Å². The van der Waals surface area contributed by atoms with Gasteiger partial charge in [-0.3, -0.25) is 0 Å². The molecule has 1 heterocycles. The molecule has 0 aliphatic heterocycles. The molecule has 0 aliphatic carbocycles. The number of benzene rings is 3. The molecule has 0 unspecified atom stereocenters. The lowest BCUT2D eigenvalue weighted by molar-refractivity contribution is -0.138. The predicted octanol–water partition coefficient (Wildman–Crippen LogP) is 8.25. The van der Waals surface area contributed by atoms with Gasteiger partial charge < -0.3 is 0 Å². The third kappa shape index (κ3) is 5.85. The van der Waals surface area contributed by atoms with E-state index in [-0.39, 0.29) is 0 Å². The molecule has 1 aromatic heterocycles. The fourth-order valence-corrected chi connectivity index (χ4v) is 5.01. The van der Waals surface area contributed by atoms with Crippen molar-refractivity contribution >= 4 is 34.3 Å². The van der Waals surface area contributed by atoms with E-state index in [1.165, 1.54) is 47.8 Å². The molecule has 0 aliphatic rings. The number of aromatic nitrogens is 2. The summed E-state index contributed by atoms with van der Waals surface area (Å²) in [7, 11) is 0. The van der Waals surface area contributed by atoms with Crippen LogP contribution < -0.4 is 0 Å². The smallest absolute Gasteiger partial charge is 0.166 e. The molecule has 0 bridgehead atoms. The van der Waals surface area contributed by atoms with E-state index >= 15 is 0 Å². The van der Waals surface area contributed by atoms with Crippen LogP contribution in [-0.2, 0) is 23.9 Å². The van der Waals surface area contributed by atoms with Gasteiger partial charge in [0.25, 0.3) is 0 Å². The first kappa shape index (κ1) is 24.4. The van der Waals surface area contributed by atoms with Crippen LogP contribution >= 0.6 is 23.5 Å². The summed E-state index contributed by atoms with van der Waals surface area (Å²) in [5.41, 5.74) is 0.0658. The lowest BCUT2D eigenvalue weighted by Gasteiger charge is -2.10. The van der Waals surface area contributed by atoms with Crippen molar-refractivity contribution in [3.8, 4) is 0 Å². The number of hydrogen-bond acceptors (Lipinski definition) is 4. The van der Waals surface area contributed by atoms with Crippen LogP contribution in [0.25, 0.3) is 10.8 Å². The number of rotatable bonds is 6. The van der Waals surface area contributed by atoms with E-state index in [0.29, 0.717) is 21.6 Å². The molecule has 0 N–H and O–H groups in total. The number of alkyl halides is 6. The van der Waals surface area contributed by atoms with Crippen LogP contribution in [0.2, 0.25) is 0 Å². The van der Waals surface area contributed by atoms with Crippen molar-refractivity contribution in [2.24, 2.45) is 0 Å². The lowest BCUT2D eigenvalue weighted by Crippen LogP contribution is -2.04. The minimum absolute atomic E-state index is 0.425. The largest absolute Gasteiger partial charge is 0.416 e. The molecule has 176 valence electrons. The Morgan fingerprint density at radius 3 is 1.21 bits per heavy atom. The molecule has 0 fully saturated rings. The second kappa shape index (κ2) is 9.87. The van der Waals surface area contributed by atoms with Crippen LogP contribution in [0, 0.1) is 0 Å². The zero-order valence-corrected chi connectivity index (χ0v) is 19.0. The van der Waals surface area contributed by atoms with Crippen molar-refractivity contribution < 1.29 is 26.3 Å². The van der Waals surface area contributed by atoms with E-state index in [1.54, 1.807) is 0 Å². The first-order valence-corrected chi connectivity index (χ1v) is 11.9. The highest BCUT2D eigenvalue weighted by molar-refractivity contribution is 7.99. The van der Waals surface area contributed by atoms with Crippen molar-refractivity contribution in [3.63, 3.8) is 0 Å². The van der Waals surface area contributed by atoms with Crippen LogP contribution in [0.15, 0.2) is 82.8 Å². The number of halogens is 6. The molecular weight excluding hydrogens is 494 g/mol. The van der Waals surface area contributed by atoms with Gasteiger partial charge in [0, 0.05) is 22.3 Å². The van der Waals surface area contributed by atoms with E-state index in [4.69, 9.17) is 0 Å². The van der Waals surface area contributed by atoms with Crippen molar-refractivity contribution in [1.29, 1.82) is 0 Å². The maximum atomic E-state index is 12.7. The van der Waals surface area contributed by atoms with Gasteiger partial charge in [-0.2, -0.15) is 26.3 Å². The Morgan fingerprint density at radius 1 is 0.529 bits per heavy atom. The third-order valence-electron chi connectivity index (χ3n) is 4.93. The Balaban J connectivity index is 1.48. The van der Waals surface area contributed by atoms with E-state index in [1.807, 2.05) is 24.3 Å². The second-order valence-electron chi connectivity index (χ2n) is 7.32. The summed E-state index contributed by atoms with van der Waals surface area (Å²) in [5.74, 6) is 0.851. The lowest BCUT2D eigenvalue weighted by atomic mass is 10.1. The van der Waals surface area contributed by atoms with Crippen LogP contribution in [0.3, 0.4) is 0 Å². The number of hydrogen-bond donors (Lipinski definition) is 0. The van der Waals surface area contributed by atoms with E-state index < -0.39 is 23.5 Å². The minimum atomic E-state index is -4.37. The molecule has 0 amide bonds. The van der Waals surface area contributed by atoms with Crippen LogP contribution in [0.1, 0.15) is 22.3 Å². The summed E-state index contributed by atoms with van der Waals surface area (Å²) in [5, 5.41) is 11.6. The minimum Gasteiger partial charge on any atom is -0.166 e. The molecule has 10 heteroatoms. The Hall–Kier alpha value is -2.72. The van der Waals surface area contributed by atoms with E-state index in [2.05, 4.69) is 10.2 Å². The van der Waals surface area contributed by atoms with Gasteiger partial charge in [-0.15, -0.1) is 10.2 Å². The molecule has 4 rings (SSSR count). The standard InChI is InChI=1S/C24H16F6N2S2/c25-23(26,27)17-9-5-15(6-10-17)13-33-21-19-3-1-2-4-20(19)22(32-31-21)34-14-16-7-11-18(12-8-16)24(28,29)30/h1-12H,13-14H2. The van der Waals surface area contributed by atoms with Crippen molar-refractivity contribution in [2.45, 2.75) is 33.9 Å². The Bertz CT molecular complexity index is 1170. The first-order chi connectivity index (χ1) is 16.1. The van der Waals surface area contributed by atoms with Gasteiger partial charge in [0.2, 0.25) is 0 Å². The van der Waals surface area contributed by atoms with Crippen LogP contribution in [-0.4, -0.2) is 10.2 Å². The molecular formula is C24H16F6N2S2. The topological polar surface area (TPSA) is 25.8 Å². The fourth-order valence-electron chi connectivity index (χ4n) is 3.15. The third-order valence-corrected chi connectivity index (χ3v) is 7.04. The zero-order valence-electron chi connectivity index (χ0n) is 17.3. The van der Waals surface area contributed by atoms with Gasteiger partial charge in [0.15, 0.2) is 0 Å². The quantitative estimate of drug-likeness (QED) is 0.193. The normalized spacial score (nSPS) is 12.3. The molecule has 4 aromatic rings. The van der Waals surface area contributed by atoms with E-state index in [0.717, 1.165) is 46.2 Å². The van der Waals surface area contributed by atoms with Gasteiger partial charge in [0.1, 0.15) is 10.1 Å². The highest BCUT2D eigenvalue weighted by Gasteiger charge is 2.30. The fraction of sp³-hybridized carbons (Fsp3) is 0.167. The molecule has 0 saturated carbocycles. The van der Waals surface area contributed by atoms with Crippen molar-refractivity contribution in [2.75, 3.05) is 0 Å². The predicted molar refractivity (Wildman–Crippen MR) is 122 cm³/mol. The summed E-state index contributed by atoms with van der Waals surface area (Å²) in [6.45, 7) is 0. The molecule has 0 atom stereocenters. The zero-order chi connectivity index (χ0) is 24.3. The van der Waals surface area contributed by atoms with Gasteiger partial charge in [0.05, 0.1) is 11.1 Å². The summed E-state index contributed by atoms with van der Waals surface area (Å²) in [6.07, 6.45) is -8.75. The summed E-state index contributed by atoms with van der Waals surface area (Å²) < 4.78 is 76.5. The van der Waals surface area contributed by atoms with Crippen molar-refractivity contribution in [1.82, 2.24) is 10.2 Å². The maximum Gasteiger partial charge on any atom is 0.416 e. The highest BCUT2D eigenvalue weighted by Crippen LogP contribution is 2.35. The number of fused-ring (bicyclic) bond motifs is 1. The average molecular weight is 511 g/mol. The summed E-state index contributed by atoms with van der Waals surface area (Å²) in [6, 6.07) is 17.5. The molecule has 0 spiro atoms. The molecule has 34 heavy (non-hydrogen) atoms. The molecule has 3 aromatic carbocycles. The summed E-state index contributed by atoms with van der Waals surface area (Å²) in [4.78, 5) is 0. The molecule has 0 saturated heterocycles. The number of thioether (sulfide) groups is 2. The van der Waals surface area contributed by atoms with E-state index in [9.17, 15) is 26.3 Å². The average Bonchev–Trinajstić information content (AvgIpc) is 2.81. The Morgan fingerprint density at radius 2 is 0.882 bits per heavy atom. The Labute approximate surface area is 199 Å². The maximum absolute atomic E-state index is 12.7. The molecule has 0 radical (unpaired) electrons. The Kier molecular flexibility index (Phi) is 7.09. The highest BCUT2D eigenvalue weighted by atomic mass is 32.2. The monoisotopic (exact) mass is 510 g/mol. The number of nitrogens with zero attached hydrogens (tertiary/aromatic N) is 2. The van der Waals surface area contributed by atoms with Crippen LogP contribution in [0.5, 0.6) is 0 Å². The van der Waals surface area contributed by atoms with Gasteiger partial charge in [-0.05, 0) is 35.4 Å². The molecule has 2 nitrogen and oxygen atoms in total. The summed E-state index contributed by atoms with van der Waals surface area (Å²) >= 11 is 2.75. The first-order valence-electron chi connectivity index (χ1n) is 9.94.